The lowest BCUT2D eigenvalue weighted by atomic mass is 10.1. The van der Waals surface area contributed by atoms with Crippen LogP contribution in [0.4, 0.5) is 47.8 Å². The number of nitrogens with one attached hydrogen (secondary N) is 1. The number of nitro benzene ring substituents is 1. The lowest BCUT2D eigenvalue weighted by Gasteiger charge is -2.19. The Bertz CT molecular complexity index is 1040. The van der Waals surface area contributed by atoms with Crippen molar-refractivity contribution < 1.29 is 45.2 Å². The van der Waals surface area contributed by atoms with Crippen LogP contribution in [0.5, 0.6) is 5.75 Å². The van der Waals surface area contributed by atoms with Gasteiger partial charge in [-0.25, -0.2) is 8.78 Å². The van der Waals surface area contributed by atoms with Crippen molar-refractivity contribution in [3.8, 4) is 5.75 Å². The smallest absolute Gasteiger partial charge is 0.420 e. The molecule has 33 heavy (non-hydrogen) atoms. The number of alkyl halides is 7. The summed E-state index contributed by atoms with van der Waals surface area (Å²) < 4.78 is 94.7. The van der Waals surface area contributed by atoms with Crippen molar-refractivity contribution in [3.05, 3.63) is 57.6 Å². The number of hydrogen-bond donors (Lipinski definition) is 1. The average Bonchev–Trinajstić information content (AvgIpc) is 2.71. The standard InChI is InChI=1S/C19H16F7N3O4/c1-28(2)13-5-3-10(7-14(13)29(31)32)16(30)27-11-4-6-15(12(8-11)19(24,25)26)33-9-18(22,23)17(20)21/h3-8,17H,9H2,1-2H3,(H,27,30). The van der Waals surface area contributed by atoms with E-state index in [1.54, 1.807) is 0 Å². The predicted molar refractivity (Wildman–Crippen MR) is 103 cm³/mol. The minimum absolute atomic E-state index is 0.179. The number of halogens is 7. The number of anilines is 2. The number of rotatable bonds is 8. The van der Waals surface area contributed by atoms with Gasteiger partial charge in [-0.05, 0) is 30.3 Å². The molecular weight excluding hydrogens is 467 g/mol. The molecule has 14 heteroatoms. The Hall–Kier alpha value is -3.58. The number of carbonyl (C=O) groups is 1. The van der Waals surface area contributed by atoms with Gasteiger partial charge >= 0.3 is 18.5 Å². The fraction of sp³-hybridized carbons (Fsp3) is 0.316. The van der Waals surface area contributed by atoms with Crippen molar-refractivity contribution in [2.45, 2.75) is 18.5 Å². The van der Waals surface area contributed by atoms with Crippen LogP contribution < -0.4 is 15.0 Å². The van der Waals surface area contributed by atoms with Crippen LogP contribution in [-0.4, -0.2) is 43.9 Å². The summed E-state index contributed by atoms with van der Waals surface area (Å²) in [7, 11) is 3.06. The van der Waals surface area contributed by atoms with Gasteiger partial charge in [0.2, 0.25) is 0 Å². The molecule has 1 amide bonds. The molecule has 7 nitrogen and oxygen atoms in total. The molecule has 2 aromatic carbocycles. The third kappa shape index (κ3) is 6.23. The minimum atomic E-state index is -5.14. The Kier molecular flexibility index (Phi) is 7.39. The van der Waals surface area contributed by atoms with Gasteiger partial charge in [0.05, 0.1) is 10.5 Å². The summed E-state index contributed by atoms with van der Waals surface area (Å²) >= 11 is 0. The topological polar surface area (TPSA) is 84.7 Å². The molecule has 0 spiro atoms. The van der Waals surface area contributed by atoms with Crippen LogP contribution in [0, 0.1) is 10.1 Å². The Morgan fingerprint density at radius 3 is 2.27 bits per heavy atom. The van der Waals surface area contributed by atoms with E-state index in [1.165, 1.54) is 31.1 Å². The lowest BCUT2D eigenvalue weighted by Crippen LogP contribution is -2.34. The molecule has 0 aliphatic heterocycles. The Morgan fingerprint density at radius 2 is 1.76 bits per heavy atom. The molecule has 0 aliphatic rings. The van der Waals surface area contributed by atoms with E-state index in [0.717, 1.165) is 12.1 Å². The van der Waals surface area contributed by atoms with E-state index >= 15 is 0 Å². The molecule has 0 saturated heterocycles. The molecule has 0 bridgehead atoms. The summed E-state index contributed by atoms with van der Waals surface area (Å²) in [6.07, 6.45) is -9.28. The van der Waals surface area contributed by atoms with Gasteiger partial charge in [0.25, 0.3) is 11.6 Å². The molecule has 1 N–H and O–H groups in total. The maximum Gasteiger partial charge on any atom is 0.420 e. The molecule has 0 unspecified atom stereocenters. The van der Waals surface area contributed by atoms with E-state index in [9.17, 15) is 45.6 Å². The van der Waals surface area contributed by atoms with Crippen LogP contribution in [0.2, 0.25) is 0 Å². The maximum absolute atomic E-state index is 13.3. The first-order valence-electron chi connectivity index (χ1n) is 8.90. The van der Waals surface area contributed by atoms with Gasteiger partial charge < -0.3 is 15.0 Å². The third-order valence-electron chi connectivity index (χ3n) is 4.20. The minimum Gasteiger partial charge on any atom is -0.486 e. The summed E-state index contributed by atoms with van der Waals surface area (Å²) in [6, 6.07) is 5.22. The molecule has 0 saturated carbocycles. The lowest BCUT2D eigenvalue weighted by molar-refractivity contribution is -0.384. The van der Waals surface area contributed by atoms with Crippen LogP contribution in [0.1, 0.15) is 15.9 Å². The largest absolute Gasteiger partial charge is 0.486 e. The fourth-order valence-electron chi connectivity index (χ4n) is 2.58. The zero-order chi connectivity index (χ0) is 25.1. The van der Waals surface area contributed by atoms with Crippen LogP contribution in [0.3, 0.4) is 0 Å². The first-order valence-corrected chi connectivity index (χ1v) is 8.90. The van der Waals surface area contributed by atoms with Crippen molar-refractivity contribution in [3.63, 3.8) is 0 Å². The monoisotopic (exact) mass is 483 g/mol. The maximum atomic E-state index is 13.3. The normalized spacial score (nSPS) is 11.9. The second-order valence-electron chi connectivity index (χ2n) is 6.87. The third-order valence-corrected chi connectivity index (χ3v) is 4.20. The Balaban J connectivity index is 2.32. The highest BCUT2D eigenvalue weighted by atomic mass is 19.4. The van der Waals surface area contributed by atoms with E-state index in [2.05, 4.69) is 10.1 Å². The Morgan fingerprint density at radius 1 is 1.12 bits per heavy atom. The number of benzene rings is 2. The van der Waals surface area contributed by atoms with Crippen LogP contribution in [0.15, 0.2) is 36.4 Å². The highest BCUT2D eigenvalue weighted by molar-refractivity contribution is 6.05. The summed E-state index contributed by atoms with van der Waals surface area (Å²) in [4.78, 5) is 24.3. The van der Waals surface area contributed by atoms with E-state index in [1.807, 2.05) is 0 Å². The van der Waals surface area contributed by atoms with Gasteiger partial charge in [-0.3, -0.25) is 14.9 Å². The number of nitro groups is 1. The molecule has 180 valence electrons. The molecular formula is C19H16F7N3O4. The predicted octanol–water partition coefficient (Wildman–Crippen LogP) is 5.21. The highest BCUT2D eigenvalue weighted by Crippen LogP contribution is 2.39. The van der Waals surface area contributed by atoms with Gasteiger partial charge in [-0.15, -0.1) is 0 Å². The molecule has 0 radical (unpaired) electrons. The Labute approximate surface area is 181 Å². The number of hydrogen-bond acceptors (Lipinski definition) is 5. The zero-order valence-corrected chi connectivity index (χ0v) is 16.9. The summed E-state index contributed by atoms with van der Waals surface area (Å²) in [6.45, 7) is -2.00. The van der Waals surface area contributed by atoms with Crippen molar-refractivity contribution in [2.24, 2.45) is 0 Å². The van der Waals surface area contributed by atoms with Gasteiger partial charge in [0.1, 0.15) is 11.4 Å². The molecule has 0 atom stereocenters. The van der Waals surface area contributed by atoms with Crippen LogP contribution in [0.25, 0.3) is 0 Å². The number of carbonyl (C=O) groups excluding carboxylic acids is 1. The van der Waals surface area contributed by atoms with Crippen LogP contribution >= 0.6 is 0 Å². The molecule has 0 aromatic heterocycles. The average molecular weight is 483 g/mol. The summed E-state index contributed by atoms with van der Waals surface area (Å²) in [5, 5.41) is 13.3. The molecule has 0 fully saturated rings. The molecule has 0 heterocycles. The van der Waals surface area contributed by atoms with Gasteiger partial charge in [-0.1, -0.05) is 0 Å². The van der Waals surface area contributed by atoms with E-state index < -0.39 is 58.6 Å². The quantitative estimate of drug-likeness (QED) is 0.317. The molecule has 2 rings (SSSR count). The van der Waals surface area contributed by atoms with E-state index in [0.29, 0.717) is 12.1 Å². The van der Waals surface area contributed by atoms with E-state index in [4.69, 9.17) is 0 Å². The zero-order valence-electron chi connectivity index (χ0n) is 16.9. The van der Waals surface area contributed by atoms with E-state index in [-0.39, 0.29) is 11.3 Å². The molecule has 2 aromatic rings. The van der Waals surface area contributed by atoms with Crippen molar-refractivity contribution in [2.75, 3.05) is 30.9 Å². The SMILES string of the molecule is CN(C)c1ccc(C(=O)Nc2ccc(OCC(F)(F)C(F)F)c(C(F)(F)F)c2)cc1[N+](=O)[O-]. The van der Waals surface area contributed by atoms with Gasteiger partial charge in [0, 0.05) is 31.4 Å². The first kappa shape index (κ1) is 25.7. The summed E-state index contributed by atoms with van der Waals surface area (Å²) in [5.74, 6) is -6.82. The first-order chi connectivity index (χ1) is 15.1. The van der Waals surface area contributed by atoms with Gasteiger partial charge in [-0.2, -0.15) is 22.0 Å². The second-order valence-corrected chi connectivity index (χ2v) is 6.87. The fourth-order valence-corrected chi connectivity index (χ4v) is 2.58. The second kappa shape index (κ2) is 9.50. The van der Waals surface area contributed by atoms with Crippen molar-refractivity contribution >= 4 is 23.0 Å². The number of amides is 1. The molecule has 0 aliphatic carbocycles. The highest BCUT2D eigenvalue weighted by Gasteiger charge is 2.43. The number of ether oxygens (including phenoxy) is 1. The van der Waals surface area contributed by atoms with Gasteiger partial charge in [0.15, 0.2) is 6.61 Å². The van der Waals surface area contributed by atoms with Crippen molar-refractivity contribution in [1.82, 2.24) is 0 Å². The van der Waals surface area contributed by atoms with Crippen molar-refractivity contribution in [1.29, 1.82) is 0 Å². The van der Waals surface area contributed by atoms with Crippen LogP contribution in [-0.2, 0) is 6.18 Å². The number of nitrogens with zero attached hydrogens (tertiary/aromatic N) is 2. The summed E-state index contributed by atoms with van der Waals surface area (Å²) in [5.41, 5.74) is -2.53.